The van der Waals surface area contributed by atoms with Gasteiger partial charge in [0.1, 0.15) is 0 Å². The normalized spacial score (nSPS) is 29.8. The number of carboxylic acids is 1. The number of carboxylic acid groups (broad SMARTS) is 1. The third-order valence-electron chi connectivity index (χ3n) is 4.05. The lowest BCUT2D eigenvalue weighted by atomic mass is 9.98. The molecular weight excluding hydrogens is 234 g/mol. The molecule has 2 fully saturated rings. The van der Waals surface area contributed by atoms with E-state index in [0.29, 0.717) is 19.1 Å². The van der Waals surface area contributed by atoms with Gasteiger partial charge in [0.25, 0.3) is 0 Å². The van der Waals surface area contributed by atoms with E-state index in [1.54, 1.807) is 4.90 Å². The molecule has 0 aromatic carbocycles. The minimum absolute atomic E-state index is 0.116. The highest BCUT2D eigenvalue weighted by atomic mass is 16.4. The summed E-state index contributed by atoms with van der Waals surface area (Å²) in [5.41, 5.74) is 0. The van der Waals surface area contributed by atoms with Gasteiger partial charge in [-0.1, -0.05) is 0 Å². The molecule has 0 spiro atoms. The second-order valence-corrected chi connectivity index (χ2v) is 5.44. The van der Waals surface area contributed by atoms with E-state index in [9.17, 15) is 9.59 Å². The Morgan fingerprint density at radius 1 is 1.33 bits per heavy atom. The fourth-order valence-electron chi connectivity index (χ4n) is 2.49. The maximum atomic E-state index is 11.9. The Balaban J connectivity index is 1.74. The summed E-state index contributed by atoms with van der Waals surface area (Å²) in [6.07, 6.45) is 1.92. The van der Waals surface area contributed by atoms with Crippen LogP contribution >= 0.6 is 0 Å². The Labute approximate surface area is 107 Å². The number of amides is 2. The Hall–Kier alpha value is -1.30. The first-order valence-electron chi connectivity index (χ1n) is 6.46. The number of aliphatic carboxylic acids is 1. The molecule has 6 heteroatoms. The highest BCUT2D eigenvalue weighted by Gasteiger charge is 2.36. The van der Waals surface area contributed by atoms with Gasteiger partial charge in [-0.2, -0.15) is 0 Å². The summed E-state index contributed by atoms with van der Waals surface area (Å²) in [6, 6.07) is 0.578. The molecule has 2 unspecified atom stereocenters. The summed E-state index contributed by atoms with van der Waals surface area (Å²) < 4.78 is 0. The second-order valence-electron chi connectivity index (χ2n) is 5.44. The van der Waals surface area contributed by atoms with Gasteiger partial charge in [-0.3, -0.25) is 4.79 Å². The average molecular weight is 255 g/mol. The van der Waals surface area contributed by atoms with Crippen LogP contribution in [0.3, 0.4) is 0 Å². The van der Waals surface area contributed by atoms with Crippen LogP contribution < -0.4 is 5.32 Å². The number of nitrogens with one attached hydrogen (secondary N) is 1. The molecule has 0 saturated carbocycles. The van der Waals surface area contributed by atoms with Crippen molar-refractivity contribution in [3.8, 4) is 0 Å². The predicted molar refractivity (Wildman–Crippen MR) is 66.3 cm³/mol. The number of hydrogen-bond acceptors (Lipinski definition) is 3. The van der Waals surface area contributed by atoms with Crippen LogP contribution in [-0.4, -0.2) is 65.7 Å². The monoisotopic (exact) mass is 255 g/mol. The molecule has 2 atom stereocenters. The summed E-state index contributed by atoms with van der Waals surface area (Å²) in [5, 5.41) is 11.8. The van der Waals surface area contributed by atoms with Gasteiger partial charge in [0.15, 0.2) is 0 Å². The predicted octanol–water partition coefficient (Wildman–Crippen LogP) is 0.195. The highest BCUT2D eigenvalue weighted by Crippen LogP contribution is 2.18. The van der Waals surface area contributed by atoms with Crippen LogP contribution in [0.4, 0.5) is 4.79 Å². The fraction of sp³-hybridized carbons (Fsp3) is 0.833. The van der Waals surface area contributed by atoms with Crippen molar-refractivity contribution >= 4 is 12.0 Å². The minimum Gasteiger partial charge on any atom is -0.481 e. The smallest absolute Gasteiger partial charge is 0.317 e. The van der Waals surface area contributed by atoms with Crippen LogP contribution in [0.2, 0.25) is 0 Å². The average Bonchev–Trinajstić information content (AvgIpc) is 2.20. The fourth-order valence-corrected chi connectivity index (χ4v) is 2.49. The zero-order valence-corrected chi connectivity index (χ0v) is 10.9. The van der Waals surface area contributed by atoms with Gasteiger partial charge in [-0.05, 0) is 26.8 Å². The SMILES string of the molecule is CC1CC(NC(=O)N2CC(C(=O)O)C2)CCN1C. The molecule has 2 heterocycles. The summed E-state index contributed by atoms with van der Waals surface area (Å²) in [6.45, 7) is 3.82. The van der Waals surface area contributed by atoms with Gasteiger partial charge in [0, 0.05) is 31.7 Å². The number of rotatable bonds is 2. The van der Waals surface area contributed by atoms with E-state index in [2.05, 4.69) is 24.2 Å². The number of urea groups is 1. The minimum atomic E-state index is -0.813. The summed E-state index contributed by atoms with van der Waals surface area (Å²) in [4.78, 5) is 26.4. The topological polar surface area (TPSA) is 72.9 Å². The van der Waals surface area contributed by atoms with Crippen LogP contribution in [0, 0.1) is 5.92 Å². The van der Waals surface area contributed by atoms with E-state index in [0.717, 1.165) is 19.4 Å². The van der Waals surface area contributed by atoms with Gasteiger partial charge < -0.3 is 20.2 Å². The molecule has 0 bridgehead atoms. The lowest BCUT2D eigenvalue weighted by Gasteiger charge is -2.40. The first-order chi connectivity index (χ1) is 8.47. The molecule has 0 aromatic heterocycles. The van der Waals surface area contributed by atoms with Gasteiger partial charge in [0.2, 0.25) is 0 Å². The molecule has 0 aliphatic carbocycles. The third kappa shape index (κ3) is 2.75. The quantitative estimate of drug-likeness (QED) is 0.739. The zero-order chi connectivity index (χ0) is 13.3. The third-order valence-corrected chi connectivity index (χ3v) is 4.05. The van der Waals surface area contributed by atoms with E-state index >= 15 is 0 Å². The largest absolute Gasteiger partial charge is 0.481 e. The Morgan fingerprint density at radius 2 is 2.00 bits per heavy atom. The molecule has 2 amide bonds. The van der Waals surface area contributed by atoms with Crippen molar-refractivity contribution in [2.24, 2.45) is 5.92 Å². The van der Waals surface area contributed by atoms with Crippen molar-refractivity contribution in [2.45, 2.75) is 31.8 Å². The Kier molecular flexibility index (Phi) is 3.75. The molecule has 0 aromatic rings. The number of carbonyl (C=O) groups is 2. The molecule has 2 N–H and O–H groups in total. The zero-order valence-electron chi connectivity index (χ0n) is 10.9. The van der Waals surface area contributed by atoms with E-state index in [1.165, 1.54) is 0 Å². The van der Waals surface area contributed by atoms with E-state index in [-0.39, 0.29) is 18.0 Å². The van der Waals surface area contributed by atoms with Crippen LogP contribution in [0.5, 0.6) is 0 Å². The maximum Gasteiger partial charge on any atom is 0.317 e. The molecule has 2 saturated heterocycles. The number of hydrogen-bond donors (Lipinski definition) is 2. The van der Waals surface area contributed by atoms with Crippen molar-refractivity contribution in [1.82, 2.24) is 15.1 Å². The standard InChI is InChI=1S/C12H21N3O3/c1-8-5-10(3-4-14(8)2)13-12(18)15-6-9(7-15)11(16)17/h8-10H,3-7H2,1-2H3,(H,13,18)(H,16,17). The lowest BCUT2D eigenvalue weighted by Crippen LogP contribution is -2.58. The second kappa shape index (κ2) is 5.14. The Morgan fingerprint density at radius 3 is 2.56 bits per heavy atom. The van der Waals surface area contributed by atoms with Gasteiger partial charge in [0.05, 0.1) is 5.92 Å². The number of likely N-dealkylation sites (tertiary alicyclic amines) is 2. The van der Waals surface area contributed by atoms with Crippen LogP contribution in [0.25, 0.3) is 0 Å². The first kappa shape index (κ1) is 13.1. The first-order valence-corrected chi connectivity index (χ1v) is 6.46. The number of piperidine rings is 1. The van der Waals surface area contributed by atoms with E-state index in [1.807, 2.05) is 0 Å². The summed E-state index contributed by atoms with van der Waals surface area (Å²) in [5.74, 6) is -1.20. The van der Waals surface area contributed by atoms with Crippen LogP contribution in [-0.2, 0) is 4.79 Å². The maximum absolute atomic E-state index is 11.9. The van der Waals surface area contributed by atoms with Crippen LogP contribution in [0.15, 0.2) is 0 Å². The number of carbonyl (C=O) groups excluding carboxylic acids is 1. The van der Waals surface area contributed by atoms with Crippen molar-refractivity contribution < 1.29 is 14.7 Å². The van der Waals surface area contributed by atoms with Crippen LogP contribution in [0.1, 0.15) is 19.8 Å². The lowest BCUT2D eigenvalue weighted by molar-refractivity contribution is -0.146. The molecule has 102 valence electrons. The molecule has 2 rings (SSSR count). The van der Waals surface area contributed by atoms with Crippen molar-refractivity contribution in [1.29, 1.82) is 0 Å². The van der Waals surface area contributed by atoms with Gasteiger partial charge in [-0.15, -0.1) is 0 Å². The molecule has 18 heavy (non-hydrogen) atoms. The molecule has 0 radical (unpaired) electrons. The van der Waals surface area contributed by atoms with Gasteiger partial charge in [-0.25, -0.2) is 4.79 Å². The Bertz CT molecular complexity index is 341. The van der Waals surface area contributed by atoms with Crippen molar-refractivity contribution in [3.63, 3.8) is 0 Å². The van der Waals surface area contributed by atoms with Crippen molar-refractivity contribution in [2.75, 3.05) is 26.7 Å². The summed E-state index contributed by atoms with van der Waals surface area (Å²) >= 11 is 0. The molecule has 6 nitrogen and oxygen atoms in total. The van der Waals surface area contributed by atoms with Crippen molar-refractivity contribution in [3.05, 3.63) is 0 Å². The molecular formula is C12H21N3O3. The highest BCUT2D eigenvalue weighted by molar-refractivity contribution is 5.79. The summed E-state index contributed by atoms with van der Waals surface area (Å²) in [7, 11) is 2.09. The van der Waals surface area contributed by atoms with E-state index < -0.39 is 5.97 Å². The molecule has 2 aliphatic rings. The number of nitrogens with zero attached hydrogens (tertiary/aromatic N) is 2. The van der Waals surface area contributed by atoms with Gasteiger partial charge >= 0.3 is 12.0 Å². The van der Waals surface area contributed by atoms with E-state index in [4.69, 9.17) is 5.11 Å². The molecule has 2 aliphatic heterocycles.